The second-order valence-electron chi connectivity index (χ2n) is 4.07. The SMILES string of the molecule is COc1cc2nnc3c(c(O)nn3C)c2cc1OC. The topological polar surface area (TPSA) is 82.3 Å². The van der Waals surface area contributed by atoms with Gasteiger partial charge in [-0.15, -0.1) is 15.3 Å². The summed E-state index contributed by atoms with van der Waals surface area (Å²) in [5.74, 6) is 1.05. The van der Waals surface area contributed by atoms with Crippen LogP contribution in [0, 0.1) is 0 Å². The molecule has 0 aliphatic carbocycles. The van der Waals surface area contributed by atoms with Gasteiger partial charge < -0.3 is 14.6 Å². The van der Waals surface area contributed by atoms with Crippen LogP contribution >= 0.6 is 0 Å². The molecular weight excluding hydrogens is 248 g/mol. The van der Waals surface area contributed by atoms with Crippen molar-refractivity contribution in [1.82, 2.24) is 20.0 Å². The Hall–Kier alpha value is -2.57. The van der Waals surface area contributed by atoms with Crippen LogP contribution in [0.3, 0.4) is 0 Å². The van der Waals surface area contributed by atoms with Crippen molar-refractivity contribution in [3.63, 3.8) is 0 Å². The molecule has 0 radical (unpaired) electrons. The van der Waals surface area contributed by atoms with Gasteiger partial charge in [0, 0.05) is 18.5 Å². The zero-order valence-electron chi connectivity index (χ0n) is 10.7. The van der Waals surface area contributed by atoms with Crippen molar-refractivity contribution in [3.05, 3.63) is 12.1 Å². The first kappa shape index (κ1) is 11.5. The van der Waals surface area contributed by atoms with Crippen molar-refractivity contribution >= 4 is 21.9 Å². The molecule has 3 aromatic rings. The van der Waals surface area contributed by atoms with Gasteiger partial charge in [0.15, 0.2) is 17.1 Å². The molecule has 98 valence electrons. The van der Waals surface area contributed by atoms with E-state index < -0.39 is 0 Å². The number of hydrogen-bond donors (Lipinski definition) is 1. The Bertz CT molecular complexity index is 782. The first-order valence-corrected chi connectivity index (χ1v) is 5.59. The number of ether oxygens (including phenoxy) is 2. The zero-order chi connectivity index (χ0) is 13.6. The molecule has 0 atom stereocenters. The fourth-order valence-electron chi connectivity index (χ4n) is 2.11. The van der Waals surface area contributed by atoms with Crippen molar-refractivity contribution in [2.24, 2.45) is 7.05 Å². The summed E-state index contributed by atoms with van der Waals surface area (Å²) >= 11 is 0. The molecule has 0 bridgehead atoms. The second kappa shape index (κ2) is 3.98. The molecule has 2 aromatic heterocycles. The summed E-state index contributed by atoms with van der Waals surface area (Å²) in [7, 11) is 4.80. The van der Waals surface area contributed by atoms with Crippen molar-refractivity contribution in [2.45, 2.75) is 0 Å². The predicted octanol–water partition coefficient (Wildman–Crippen LogP) is 1.24. The Morgan fingerprint density at radius 1 is 1.11 bits per heavy atom. The molecule has 2 heterocycles. The fourth-order valence-corrected chi connectivity index (χ4v) is 2.11. The third-order valence-corrected chi connectivity index (χ3v) is 3.02. The molecule has 0 spiro atoms. The van der Waals surface area contributed by atoms with Crippen LogP contribution in [-0.4, -0.2) is 39.3 Å². The van der Waals surface area contributed by atoms with E-state index in [2.05, 4.69) is 15.3 Å². The van der Waals surface area contributed by atoms with Crippen LogP contribution in [0.4, 0.5) is 0 Å². The number of hydrogen-bond acceptors (Lipinski definition) is 6. The maximum atomic E-state index is 9.91. The molecule has 0 fully saturated rings. The first-order chi connectivity index (χ1) is 9.15. The molecule has 1 N–H and O–H groups in total. The van der Waals surface area contributed by atoms with E-state index >= 15 is 0 Å². The minimum atomic E-state index is -0.0791. The van der Waals surface area contributed by atoms with Crippen LogP contribution in [0.25, 0.3) is 21.9 Å². The lowest BCUT2D eigenvalue weighted by Gasteiger charge is -2.08. The first-order valence-electron chi connectivity index (χ1n) is 5.59. The lowest BCUT2D eigenvalue weighted by molar-refractivity contribution is 0.356. The quantitative estimate of drug-likeness (QED) is 0.746. The number of nitrogens with zero attached hydrogens (tertiary/aromatic N) is 4. The predicted molar refractivity (Wildman–Crippen MR) is 68.6 cm³/mol. The molecule has 0 aliphatic rings. The summed E-state index contributed by atoms with van der Waals surface area (Å²) in [6, 6.07) is 3.47. The highest BCUT2D eigenvalue weighted by Gasteiger charge is 2.16. The number of benzene rings is 1. The summed E-state index contributed by atoms with van der Waals surface area (Å²) < 4.78 is 12.0. The van der Waals surface area contributed by atoms with Crippen molar-refractivity contribution < 1.29 is 14.6 Å². The molecule has 7 nitrogen and oxygen atoms in total. The lowest BCUT2D eigenvalue weighted by atomic mass is 10.1. The average Bonchev–Trinajstić information content (AvgIpc) is 2.72. The van der Waals surface area contributed by atoms with Gasteiger partial charge in [0.25, 0.3) is 0 Å². The Balaban J connectivity index is 2.47. The van der Waals surface area contributed by atoms with E-state index in [0.29, 0.717) is 33.4 Å². The van der Waals surface area contributed by atoms with Gasteiger partial charge >= 0.3 is 0 Å². The third-order valence-electron chi connectivity index (χ3n) is 3.02. The number of aromatic nitrogens is 4. The van der Waals surface area contributed by atoms with Crippen molar-refractivity contribution in [2.75, 3.05) is 14.2 Å². The van der Waals surface area contributed by atoms with Gasteiger partial charge in [0.1, 0.15) is 0 Å². The number of aromatic hydroxyl groups is 1. The minimum Gasteiger partial charge on any atom is -0.493 e. The van der Waals surface area contributed by atoms with Crippen LogP contribution in [0.5, 0.6) is 17.4 Å². The van der Waals surface area contributed by atoms with Gasteiger partial charge in [-0.3, -0.25) is 0 Å². The molecule has 0 aliphatic heterocycles. The molecular formula is C12H12N4O3. The molecule has 0 amide bonds. The third kappa shape index (κ3) is 1.55. The van der Waals surface area contributed by atoms with Gasteiger partial charge in [-0.25, -0.2) is 4.68 Å². The molecule has 0 unspecified atom stereocenters. The van der Waals surface area contributed by atoms with Crippen LogP contribution < -0.4 is 9.47 Å². The zero-order valence-corrected chi connectivity index (χ0v) is 10.7. The van der Waals surface area contributed by atoms with Gasteiger partial charge in [0.2, 0.25) is 5.88 Å². The maximum absolute atomic E-state index is 9.91. The van der Waals surface area contributed by atoms with E-state index in [1.165, 1.54) is 4.68 Å². The Labute approximate surface area is 108 Å². The van der Waals surface area contributed by atoms with Gasteiger partial charge in [-0.2, -0.15) is 0 Å². The Kier molecular flexibility index (Phi) is 2.41. The summed E-state index contributed by atoms with van der Waals surface area (Å²) in [5, 5.41) is 23.3. The highest BCUT2D eigenvalue weighted by atomic mass is 16.5. The number of methoxy groups -OCH3 is 2. The molecule has 1 aromatic carbocycles. The molecule has 0 saturated heterocycles. The van der Waals surface area contributed by atoms with E-state index in [1.54, 1.807) is 33.4 Å². The lowest BCUT2D eigenvalue weighted by Crippen LogP contribution is -1.95. The van der Waals surface area contributed by atoms with E-state index in [-0.39, 0.29) is 5.88 Å². The normalized spacial score (nSPS) is 11.1. The minimum absolute atomic E-state index is 0.0791. The Morgan fingerprint density at radius 3 is 2.47 bits per heavy atom. The van der Waals surface area contributed by atoms with Crippen LogP contribution in [-0.2, 0) is 7.05 Å². The average molecular weight is 260 g/mol. The largest absolute Gasteiger partial charge is 0.493 e. The number of rotatable bonds is 2. The van der Waals surface area contributed by atoms with Gasteiger partial charge in [-0.1, -0.05) is 0 Å². The standard InChI is InChI=1S/C12H12N4O3/c1-16-11-10(12(17)15-16)6-4-8(18-2)9(19-3)5-7(6)13-14-11/h4-5H,1-3H3,(H,15,17). The van der Waals surface area contributed by atoms with Gasteiger partial charge in [0.05, 0.1) is 25.1 Å². The smallest absolute Gasteiger partial charge is 0.240 e. The number of fused-ring (bicyclic) bond motifs is 3. The van der Waals surface area contributed by atoms with Gasteiger partial charge in [-0.05, 0) is 6.07 Å². The van der Waals surface area contributed by atoms with Crippen LogP contribution in [0.2, 0.25) is 0 Å². The fraction of sp³-hybridized carbons (Fsp3) is 0.250. The number of aryl methyl sites for hydroxylation is 1. The van der Waals surface area contributed by atoms with E-state index in [1.807, 2.05) is 0 Å². The summed E-state index contributed by atoms with van der Waals surface area (Å²) in [6.45, 7) is 0. The summed E-state index contributed by atoms with van der Waals surface area (Å²) in [4.78, 5) is 0. The van der Waals surface area contributed by atoms with E-state index in [4.69, 9.17) is 9.47 Å². The van der Waals surface area contributed by atoms with Crippen LogP contribution in [0.15, 0.2) is 12.1 Å². The molecule has 0 saturated carbocycles. The maximum Gasteiger partial charge on any atom is 0.240 e. The summed E-state index contributed by atoms with van der Waals surface area (Å²) in [5.41, 5.74) is 1.12. The monoisotopic (exact) mass is 260 g/mol. The highest BCUT2D eigenvalue weighted by Crippen LogP contribution is 2.36. The van der Waals surface area contributed by atoms with Crippen molar-refractivity contribution in [1.29, 1.82) is 0 Å². The summed E-state index contributed by atoms with van der Waals surface area (Å²) in [6.07, 6.45) is 0. The Morgan fingerprint density at radius 2 is 1.79 bits per heavy atom. The van der Waals surface area contributed by atoms with Crippen molar-refractivity contribution in [3.8, 4) is 17.4 Å². The highest BCUT2D eigenvalue weighted by molar-refractivity contribution is 6.06. The van der Waals surface area contributed by atoms with E-state index in [9.17, 15) is 5.11 Å². The molecule has 19 heavy (non-hydrogen) atoms. The second-order valence-corrected chi connectivity index (χ2v) is 4.07. The molecule has 3 rings (SSSR count). The van der Waals surface area contributed by atoms with Crippen LogP contribution in [0.1, 0.15) is 0 Å². The van der Waals surface area contributed by atoms with E-state index in [0.717, 1.165) is 0 Å². The molecule has 7 heteroatoms.